The van der Waals surface area contributed by atoms with E-state index in [9.17, 15) is 5.11 Å². The Kier molecular flexibility index (Phi) is 5.13. The van der Waals surface area contributed by atoms with Crippen LogP contribution in [-0.4, -0.2) is 46.0 Å². The van der Waals surface area contributed by atoms with Crippen molar-refractivity contribution in [2.45, 2.75) is 38.2 Å². The Morgan fingerprint density at radius 3 is 2.79 bits per heavy atom. The molecular formula is C17H23N3O4. The molecule has 0 radical (unpaired) electrons. The van der Waals surface area contributed by atoms with Gasteiger partial charge in [0.15, 0.2) is 5.79 Å². The Morgan fingerprint density at radius 1 is 1.33 bits per heavy atom. The number of hydrogen-bond donors (Lipinski definition) is 1. The van der Waals surface area contributed by atoms with Gasteiger partial charge in [-0.25, -0.2) is 4.98 Å². The fourth-order valence-corrected chi connectivity index (χ4v) is 2.76. The monoisotopic (exact) mass is 333 g/mol. The molecule has 130 valence electrons. The molecule has 1 atom stereocenters. The number of aryl methyl sites for hydroxylation is 1. The summed E-state index contributed by atoms with van der Waals surface area (Å²) in [4.78, 5) is 4.11. The van der Waals surface area contributed by atoms with Gasteiger partial charge in [0.05, 0.1) is 26.0 Å². The van der Waals surface area contributed by atoms with Crippen LogP contribution in [0.15, 0.2) is 30.6 Å². The molecule has 0 aromatic carbocycles. The van der Waals surface area contributed by atoms with E-state index in [-0.39, 0.29) is 0 Å². The van der Waals surface area contributed by atoms with Crippen molar-refractivity contribution in [3.63, 3.8) is 0 Å². The second-order valence-corrected chi connectivity index (χ2v) is 5.97. The maximum Gasteiger partial charge on any atom is 0.212 e. The van der Waals surface area contributed by atoms with Crippen molar-refractivity contribution < 1.29 is 19.3 Å². The summed E-state index contributed by atoms with van der Waals surface area (Å²) in [5.41, 5.74) is 1.28. The lowest BCUT2D eigenvalue weighted by Gasteiger charge is -2.21. The van der Waals surface area contributed by atoms with Crippen LogP contribution in [-0.2, 0) is 16.0 Å². The second-order valence-electron chi connectivity index (χ2n) is 5.97. The van der Waals surface area contributed by atoms with Crippen LogP contribution in [0.1, 0.15) is 37.1 Å². The van der Waals surface area contributed by atoms with Crippen LogP contribution in [0, 0.1) is 0 Å². The van der Waals surface area contributed by atoms with Crippen LogP contribution >= 0.6 is 0 Å². The standard InChI is InChI=1S/C17H23N3O4/c1-17(23-10-11-24-17)7-3-8-20-9-6-14(19-20)16(21)13-4-5-15(22-2)18-12-13/h4-6,9,12,16,21H,3,7-8,10-11H2,1-2H3. The van der Waals surface area contributed by atoms with Crippen molar-refractivity contribution in [3.05, 3.63) is 41.9 Å². The highest BCUT2D eigenvalue weighted by atomic mass is 16.7. The molecule has 2 aromatic heterocycles. The number of pyridine rings is 1. The molecule has 0 aliphatic carbocycles. The Labute approximate surface area is 141 Å². The third-order valence-electron chi connectivity index (χ3n) is 4.14. The Balaban J connectivity index is 1.56. The van der Waals surface area contributed by atoms with E-state index < -0.39 is 11.9 Å². The Hall–Kier alpha value is -1.96. The smallest absolute Gasteiger partial charge is 0.212 e. The van der Waals surface area contributed by atoms with Crippen LogP contribution in [0.25, 0.3) is 0 Å². The normalized spacial score (nSPS) is 17.8. The summed E-state index contributed by atoms with van der Waals surface area (Å²) in [6.07, 6.45) is 4.36. The number of rotatable bonds is 7. The van der Waals surface area contributed by atoms with E-state index in [4.69, 9.17) is 14.2 Å². The van der Waals surface area contributed by atoms with Crippen molar-refractivity contribution in [3.8, 4) is 5.88 Å². The largest absolute Gasteiger partial charge is 0.481 e. The fourth-order valence-electron chi connectivity index (χ4n) is 2.76. The number of aliphatic hydroxyl groups is 1. The van der Waals surface area contributed by atoms with Gasteiger partial charge in [0.2, 0.25) is 5.88 Å². The molecule has 1 unspecified atom stereocenters. The van der Waals surface area contributed by atoms with Crippen molar-refractivity contribution >= 4 is 0 Å². The zero-order valence-electron chi connectivity index (χ0n) is 14.0. The maximum atomic E-state index is 10.4. The molecule has 1 fully saturated rings. The van der Waals surface area contributed by atoms with Gasteiger partial charge in [-0.15, -0.1) is 0 Å². The van der Waals surface area contributed by atoms with E-state index in [1.807, 2.05) is 23.9 Å². The first kappa shape index (κ1) is 16.9. The SMILES string of the molecule is COc1ccc(C(O)c2ccn(CCCC3(C)OCCO3)n2)cn1. The minimum absolute atomic E-state index is 0.468. The first-order valence-electron chi connectivity index (χ1n) is 8.09. The van der Waals surface area contributed by atoms with Crippen molar-refractivity contribution in [2.75, 3.05) is 20.3 Å². The van der Waals surface area contributed by atoms with Crippen molar-refractivity contribution in [1.29, 1.82) is 0 Å². The summed E-state index contributed by atoms with van der Waals surface area (Å²) in [7, 11) is 1.56. The number of methoxy groups -OCH3 is 1. The summed E-state index contributed by atoms with van der Waals surface area (Å²) < 4.78 is 18.0. The van der Waals surface area contributed by atoms with Gasteiger partial charge in [-0.2, -0.15) is 5.10 Å². The number of aromatic nitrogens is 3. The third kappa shape index (κ3) is 3.92. The van der Waals surface area contributed by atoms with Gasteiger partial charge in [-0.3, -0.25) is 4.68 Å². The van der Waals surface area contributed by atoms with Crippen molar-refractivity contribution in [1.82, 2.24) is 14.8 Å². The quantitative estimate of drug-likeness (QED) is 0.834. The van der Waals surface area contributed by atoms with Crippen LogP contribution in [0.3, 0.4) is 0 Å². The van der Waals surface area contributed by atoms with E-state index in [2.05, 4.69) is 10.1 Å². The first-order chi connectivity index (χ1) is 11.6. The van der Waals surface area contributed by atoms with E-state index in [0.717, 1.165) is 19.4 Å². The molecule has 0 bridgehead atoms. The minimum atomic E-state index is -0.802. The molecular weight excluding hydrogens is 310 g/mol. The zero-order valence-corrected chi connectivity index (χ0v) is 14.0. The van der Waals surface area contributed by atoms with Crippen LogP contribution in [0.2, 0.25) is 0 Å². The molecule has 2 aromatic rings. The second kappa shape index (κ2) is 7.29. The molecule has 1 N–H and O–H groups in total. The van der Waals surface area contributed by atoms with Gasteiger partial charge in [0.25, 0.3) is 0 Å². The molecule has 24 heavy (non-hydrogen) atoms. The summed E-state index contributed by atoms with van der Waals surface area (Å²) in [6.45, 7) is 4.03. The first-order valence-corrected chi connectivity index (χ1v) is 8.09. The maximum absolute atomic E-state index is 10.4. The van der Waals surface area contributed by atoms with Crippen LogP contribution in [0.5, 0.6) is 5.88 Å². The van der Waals surface area contributed by atoms with E-state index >= 15 is 0 Å². The molecule has 1 saturated heterocycles. The van der Waals surface area contributed by atoms with Gasteiger partial charge in [0.1, 0.15) is 6.10 Å². The summed E-state index contributed by atoms with van der Waals surface area (Å²) in [5, 5.41) is 14.9. The molecule has 3 rings (SSSR count). The molecule has 3 heterocycles. The predicted octanol–water partition coefficient (Wildman–Crippen LogP) is 1.91. The summed E-state index contributed by atoms with van der Waals surface area (Å²) in [6, 6.07) is 5.32. The lowest BCUT2D eigenvalue weighted by molar-refractivity contribution is -0.147. The predicted molar refractivity (Wildman–Crippen MR) is 86.6 cm³/mol. The number of aliphatic hydroxyl groups excluding tert-OH is 1. The van der Waals surface area contributed by atoms with Crippen LogP contribution in [0.4, 0.5) is 0 Å². The Morgan fingerprint density at radius 2 is 2.12 bits per heavy atom. The molecule has 7 heteroatoms. The summed E-state index contributed by atoms with van der Waals surface area (Å²) >= 11 is 0. The van der Waals surface area contributed by atoms with Crippen molar-refractivity contribution in [2.24, 2.45) is 0 Å². The van der Waals surface area contributed by atoms with E-state index in [0.29, 0.717) is 30.4 Å². The Bertz CT molecular complexity index is 650. The average Bonchev–Trinajstić information content (AvgIpc) is 3.24. The third-order valence-corrected chi connectivity index (χ3v) is 4.14. The zero-order chi connectivity index (χ0) is 17.0. The molecule has 1 aliphatic heterocycles. The molecule has 1 aliphatic rings. The molecule has 0 saturated carbocycles. The van der Waals surface area contributed by atoms with Gasteiger partial charge in [-0.05, 0) is 25.5 Å². The molecule has 0 spiro atoms. The van der Waals surface area contributed by atoms with Gasteiger partial charge >= 0.3 is 0 Å². The lowest BCUT2D eigenvalue weighted by atomic mass is 10.1. The van der Waals surface area contributed by atoms with Gasteiger partial charge in [-0.1, -0.05) is 0 Å². The van der Waals surface area contributed by atoms with E-state index in [1.54, 1.807) is 25.4 Å². The summed E-state index contributed by atoms with van der Waals surface area (Å²) in [5.74, 6) is 0.0471. The minimum Gasteiger partial charge on any atom is -0.481 e. The number of hydrogen-bond acceptors (Lipinski definition) is 6. The number of nitrogens with zero attached hydrogens (tertiary/aromatic N) is 3. The highest BCUT2D eigenvalue weighted by Gasteiger charge is 2.30. The molecule has 7 nitrogen and oxygen atoms in total. The average molecular weight is 333 g/mol. The number of ether oxygens (including phenoxy) is 3. The fraction of sp³-hybridized carbons (Fsp3) is 0.529. The van der Waals surface area contributed by atoms with Gasteiger partial charge < -0.3 is 19.3 Å². The molecule has 0 amide bonds. The highest BCUT2D eigenvalue weighted by molar-refractivity contribution is 5.25. The topological polar surface area (TPSA) is 78.6 Å². The van der Waals surface area contributed by atoms with E-state index in [1.165, 1.54) is 0 Å². The highest BCUT2D eigenvalue weighted by Crippen LogP contribution is 2.25. The van der Waals surface area contributed by atoms with Gasteiger partial charge in [0, 0.05) is 37.0 Å². The lowest BCUT2D eigenvalue weighted by Crippen LogP contribution is -2.25. The van der Waals surface area contributed by atoms with Crippen LogP contribution < -0.4 is 4.74 Å².